The molecule has 4 rings (SSSR count). The molecule has 0 aliphatic heterocycles. The fourth-order valence-electron chi connectivity index (χ4n) is 6.01. The number of nitrogens with one attached hydrogen (secondary N) is 1. The van der Waals surface area contributed by atoms with E-state index >= 15 is 0 Å². The molecule has 2 aromatic carbocycles. The Bertz CT molecular complexity index is 1260. The molecular weight excluding hydrogens is 483 g/mol. The van der Waals surface area contributed by atoms with Gasteiger partial charge in [-0.2, -0.15) is 0 Å². The van der Waals surface area contributed by atoms with Crippen LogP contribution in [0.1, 0.15) is 65.5 Å². The minimum Gasteiger partial charge on any atom is -0.481 e. The number of aromatic nitrogens is 2. The molecule has 1 heterocycles. The van der Waals surface area contributed by atoms with Crippen LogP contribution < -0.4 is 10.1 Å². The van der Waals surface area contributed by atoms with Gasteiger partial charge in [0.25, 0.3) is 0 Å². The summed E-state index contributed by atoms with van der Waals surface area (Å²) in [5.41, 5.74) is 3.39. The molecule has 1 saturated carbocycles. The van der Waals surface area contributed by atoms with Gasteiger partial charge < -0.3 is 19.7 Å². The van der Waals surface area contributed by atoms with E-state index in [-0.39, 0.29) is 22.6 Å². The first-order chi connectivity index (χ1) is 17.1. The van der Waals surface area contributed by atoms with E-state index < -0.39 is 18.2 Å². The first kappa shape index (κ1) is 26.8. The summed E-state index contributed by atoms with van der Waals surface area (Å²) >= 11 is 0. The molecule has 1 atom stereocenters. The van der Waals surface area contributed by atoms with Crippen molar-refractivity contribution in [2.45, 2.75) is 72.7 Å². The van der Waals surface area contributed by atoms with E-state index in [1.807, 2.05) is 18.2 Å². The summed E-state index contributed by atoms with van der Waals surface area (Å²) in [6, 6.07) is 11.6. The number of rotatable bonds is 7. The molecule has 1 aromatic heterocycles. The van der Waals surface area contributed by atoms with Crippen molar-refractivity contribution in [3.8, 4) is 5.75 Å². The highest BCUT2D eigenvalue weighted by Gasteiger charge is 2.40. The molecule has 6 nitrogen and oxygen atoms in total. The predicted molar refractivity (Wildman–Crippen MR) is 137 cm³/mol. The second-order valence-electron chi connectivity index (χ2n) is 11.8. The van der Waals surface area contributed by atoms with E-state index in [2.05, 4.69) is 42.3 Å². The van der Waals surface area contributed by atoms with Crippen LogP contribution in [0.3, 0.4) is 0 Å². The third-order valence-corrected chi connectivity index (χ3v) is 6.96. The summed E-state index contributed by atoms with van der Waals surface area (Å²) in [7, 11) is 0. The van der Waals surface area contributed by atoms with Gasteiger partial charge in [-0.25, -0.2) is 4.98 Å². The van der Waals surface area contributed by atoms with Gasteiger partial charge in [0, 0.05) is 11.7 Å². The van der Waals surface area contributed by atoms with Crippen molar-refractivity contribution in [2.24, 2.45) is 16.7 Å². The Balaban J connectivity index is 1.73. The van der Waals surface area contributed by atoms with E-state index in [9.17, 15) is 23.1 Å². The third kappa shape index (κ3) is 6.56. The summed E-state index contributed by atoms with van der Waals surface area (Å²) in [5.74, 6) is -1.06. The molecule has 1 aliphatic rings. The molecule has 9 heteroatoms. The lowest BCUT2D eigenvalue weighted by Crippen LogP contribution is -2.35. The van der Waals surface area contributed by atoms with Gasteiger partial charge in [-0.1, -0.05) is 40.7 Å². The molecule has 0 amide bonds. The lowest BCUT2D eigenvalue weighted by atomic mass is 9.63. The van der Waals surface area contributed by atoms with E-state index in [0.717, 1.165) is 35.9 Å². The Morgan fingerprint density at radius 2 is 1.76 bits per heavy atom. The van der Waals surface area contributed by atoms with Crippen LogP contribution in [0.2, 0.25) is 0 Å². The number of imidazole rings is 1. The normalized spacial score (nSPS) is 18.5. The summed E-state index contributed by atoms with van der Waals surface area (Å²) in [5, 5.41) is 12.6. The van der Waals surface area contributed by atoms with Crippen LogP contribution in [0.5, 0.6) is 5.75 Å². The first-order valence-electron chi connectivity index (χ1n) is 12.5. The van der Waals surface area contributed by atoms with Crippen molar-refractivity contribution in [3.05, 3.63) is 48.0 Å². The first-order valence-corrected chi connectivity index (χ1v) is 12.5. The van der Waals surface area contributed by atoms with Crippen LogP contribution in [0.15, 0.2) is 42.5 Å². The van der Waals surface area contributed by atoms with Crippen LogP contribution in [0, 0.1) is 16.7 Å². The molecular formula is C28H34F3N3O3. The number of fused-ring (bicyclic) bond motifs is 1. The van der Waals surface area contributed by atoms with Crippen LogP contribution in [0.4, 0.5) is 24.8 Å². The number of alkyl halides is 3. The summed E-state index contributed by atoms with van der Waals surface area (Å²) in [4.78, 5) is 16.2. The van der Waals surface area contributed by atoms with E-state index in [0.29, 0.717) is 18.1 Å². The number of carboxylic acids is 1. The Labute approximate surface area is 214 Å². The highest BCUT2D eigenvalue weighted by atomic mass is 19.4. The number of hydrogen-bond donors (Lipinski definition) is 2. The quantitative estimate of drug-likeness (QED) is 0.336. The smallest absolute Gasteiger partial charge is 0.481 e. The minimum atomic E-state index is -4.75. The number of benzene rings is 2. The van der Waals surface area contributed by atoms with Crippen LogP contribution in [-0.2, 0) is 11.2 Å². The second kappa shape index (κ2) is 9.58. The van der Waals surface area contributed by atoms with Gasteiger partial charge in [-0.15, -0.1) is 13.2 Å². The monoisotopic (exact) mass is 517 g/mol. The number of ether oxygens (including phenoxy) is 1. The Morgan fingerprint density at radius 1 is 1.14 bits per heavy atom. The van der Waals surface area contributed by atoms with Crippen molar-refractivity contribution in [1.82, 2.24) is 9.55 Å². The number of carbonyl (C=O) groups is 1. The molecule has 0 radical (unpaired) electrons. The van der Waals surface area contributed by atoms with Crippen molar-refractivity contribution < 1.29 is 27.8 Å². The topological polar surface area (TPSA) is 76.4 Å². The average Bonchev–Trinajstić information content (AvgIpc) is 3.09. The zero-order chi connectivity index (χ0) is 27.2. The van der Waals surface area contributed by atoms with Crippen LogP contribution in [0.25, 0.3) is 11.0 Å². The largest absolute Gasteiger partial charge is 0.573 e. The molecule has 0 saturated heterocycles. The van der Waals surface area contributed by atoms with Gasteiger partial charge in [0.2, 0.25) is 5.95 Å². The number of aliphatic carboxylic acids is 1. The SMILES string of the molecule is CC(Cc1ccc2c(c1)nc(Nc1ccc(OC(F)(F)F)cc1)n2C1CC(C)(C)CC(C)(C)C1)C(=O)O. The fourth-order valence-corrected chi connectivity index (χ4v) is 6.01. The molecule has 200 valence electrons. The zero-order valence-corrected chi connectivity index (χ0v) is 21.8. The molecule has 0 bridgehead atoms. The number of anilines is 2. The second-order valence-corrected chi connectivity index (χ2v) is 11.8. The van der Waals surface area contributed by atoms with Crippen molar-refractivity contribution in [2.75, 3.05) is 5.32 Å². The molecule has 3 aromatic rings. The van der Waals surface area contributed by atoms with Crippen molar-refractivity contribution in [1.29, 1.82) is 0 Å². The minimum absolute atomic E-state index is 0.119. The Kier molecular flexibility index (Phi) is 6.94. The summed E-state index contributed by atoms with van der Waals surface area (Å²) in [6.07, 6.45) is -1.35. The van der Waals surface area contributed by atoms with Gasteiger partial charge in [0.15, 0.2) is 0 Å². The van der Waals surface area contributed by atoms with Gasteiger partial charge in [-0.05, 0) is 78.5 Å². The predicted octanol–water partition coefficient (Wildman–Crippen LogP) is 7.72. The van der Waals surface area contributed by atoms with Crippen LogP contribution >= 0.6 is 0 Å². The third-order valence-electron chi connectivity index (χ3n) is 6.96. The molecule has 0 spiro atoms. The van der Waals surface area contributed by atoms with Crippen molar-refractivity contribution >= 4 is 28.6 Å². The maximum Gasteiger partial charge on any atom is 0.573 e. The summed E-state index contributed by atoms with van der Waals surface area (Å²) in [6.45, 7) is 10.8. The zero-order valence-electron chi connectivity index (χ0n) is 21.8. The fraction of sp³-hybridized carbons (Fsp3) is 0.500. The van der Waals surface area contributed by atoms with Gasteiger partial charge >= 0.3 is 12.3 Å². The lowest BCUT2D eigenvalue weighted by Gasteiger charge is -2.45. The maximum absolute atomic E-state index is 12.6. The number of hydrogen-bond acceptors (Lipinski definition) is 4. The number of carboxylic acid groups (broad SMARTS) is 1. The van der Waals surface area contributed by atoms with Gasteiger partial charge in [-0.3, -0.25) is 4.79 Å². The standard InChI is InChI=1S/C28H34F3N3O3/c1-17(24(35)36)12-18-6-11-23-22(13-18)33-25(32-19-7-9-21(10-8-19)37-28(29,30)31)34(23)20-14-26(2,3)16-27(4,5)15-20/h6-11,13,17,20H,12,14-16H2,1-5H3,(H,32,33)(H,35,36). The molecule has 1 unspecified atom stereocenters. The molecule has 2 N–H and O–H groups in total. The molecule has 1 fully saturated rings. The Morgan fingerprint density at radius 3 is 2.32 bits per heavy atom. The van der Waals surface area contributed by atoms with Gasteiger partial charge in [0.1, 0.15) is 5.75 Å². The molecule has 1 aliphatic carbocycles. The highest BCUT2D eigenvalue weighted by Crippen LogP contribution is 2.51. The lowest BCUT2D eigenvalue weighted by molar-refractivity contribution is -0.274. The van der Waals surface area contributed by atoms with Gasteiger partial charge in [0.05, 0.1) is 17.0 Å². The van der Waals surface area contributed by atoms with Crippen molar-refractivity contribution in [3.63, 3.8) is 0 Å². The average molecular weight is 518 g/mol. The van der Waals surface area contributed by atoms with E-state index in [1.165, 1.54) is 24.3 Å². The highest BCUT2D eigenvalue weighted by molar-refractivity contribution is 5.81. The number of halogens is 3. The van der Waals surface area contributed by atoms with E-state index in [1.54, 1.807) is 6.92 Å². The number of nitrogens with zero attached hydrogens (tertiary/aromatic N) is 2. The summed E-state index contributed by atoms with van der Waals surface area (Å²) < 4.78 is 43.9. The van der Waals surface area contributed by atoms with Crippen LogP contribution in [-0.4, -0.2) is 27.0 Å². The Hall–Kier alpha value is -3.23. The van der Waals surface area contributed by atoms with E-state index in [4.69, 9.17) is 4.98 Å². The molecule has 37 heavy (non-hydrogen) atoms. The maximum atomic E-state index is 12.6.